The van der Waals surface area contributed by atoms with Crippen LogP contribution in [0.3, 0.4) is 0 Å². The summed E-state index contributed by atoms with van der Waals surface area (Å²) in [6.45, 7) is 3.88. The summed E-state index contributed by atoms with van der Waals surface area (Å²) in [5.74, 6) is -1.03. The highest BCUT2D eigenvalue weighted by atomic mass is 16.6. The van der Waals surface area contributed by atoms with E-state index >= 15 is 0 Å². The van der Waals surface area contributed by atoms with Crippen molar-refractivity contribution in [2.75, 3.05) is 0 Å². The molecule has 0 aliphatic carbocycles. The molecule has 7 nitrogen and oxygen atoms in total. The van der Waals surface area contributed by atoms with Crippen LogP contribution in [0.5, 0.6) is 0 Å². The first-order valence-electron chi connectivity index (χ1n) is 9.37. The Hall–Kier alpha value is -3.61. The zero-order valence-corrected chi connectivity index (χ0v) is 16.4. The second kappa shape index (κ2) is 7.09. The number of allylic oxidation sites excluding steroid dienone is 1. The molecule has 1 atom stereocenters. The number of amides is 2. The number of imide groups is 1. The van der Waals surface area contributed by atoms with Crippen molar-refractivity contribution < 1.29 is 14.3 Å². The Morgan fingerprint density at radius 3 is 2.52 bits per heavy atom. The number of hydrogen-bond acceptors (Lipinski definition) is 4. The molecule has 2 amide bonds. The zero-order valence-electron chi connectivity index (χ0n) is 16.4. The minimum absolute atomic E-state index is 0.0159. The number of fused-ring (bicyclic) bond motifs is 1. The van der Waals surface area contributed by atoms with Gasteiger partial charge in [0.15, 0.2) is 5.76 Å². The second-order valence-corrected chi connectivity index (χ2v) is 7.50. The first-order valence-corrected chi connectivity index (χ1v) is 9.37. The van der Waals surface area contributed by atoms with Crippen molar-refractivity contribution >= 4 is 22.9 Å². The van der Waals surface area contributed by atoms with Crippen molar-refractivity contribution in [3.8, 4) is 11.3 Å². The molecule has 3 heterocycles. The molecular weight excluding hydrogens is 370 g/mol. The molecular formula is C22H21N3O4. The number of cyclic esters (lactones) is 1. The molecule has 2 N–H and O–H groups in total. The van der Waals surface area contributed by atoms with E-state index in [2.05, 4.69) is 10.3 Å². The highest BCUT2D eigenvalue weighted by molar-refractivity contribution is 6.07. The van der Waals surface area contributed by atoms with Gasteiger partial charge in [-0.15, -0.1) is 0 Å². The summed E-state index contributed by atoms with van der Waals surface area (Å²) in [6, 6.07) is 11.7. The number of rotatable bonds is 4. The van der Waals surface area contributed by atoms with Gasteiger partial charge < -0.3 is 14.3 Å². The average Bonchev–Trinajstić information content (AvgIpc) is 3.20. The van der Waals surface area contributed by atoms with Crippen molar-refractivity contribution in [3.63, 3.8) is 0 Å². The van der Waals surface area contributed by atoms with Gasteiger partial charge in [-0.2, -0.15) is 0 Å². The third-order valence-electron chi connectivity index (χ3n) is 5.19. The Balaban J connectivity index is 1.71. The van der Waals surface area contributed by atoms with E-state index in [4.69, 9.17) is 4.74 Å². The Kier molecular flexibility index (Phi) is 4.58. The summed E-state index contributed by atoms with van der Waals surface area (Å²) in [7, 11) is 1.99. The number of nitrogens with zero attached hydrogens (tertiary/aromatic N) is 1. The van der Waals surface area contributed by atoms with E-state index in [0.29, 0.717) is 11.3 Å². The van der Waals surface area contributed by atoms with Crippen molar-refractivity contribution in [1.29, 1.82) is 0 Å². The fourth-order valence-electron chi connectivity index (χ4n) is 3.61. The number of aromatic amines is 1. The van der Waals surface area contributed by atoms with Gasteiger partial charge in [-0.3, -0.25) is 14.9 Å². The number of pyridine rings is 1. The standard InChI is InChI=1S/C22H21N3O4/c1-12(2)16(11-19-21(27)24-22(28)29-19)15-5-6-17(23-20(15)26)13-4-7-18-14(10-13)8-9-25(18)3/h4-12,16H,1-3H3,(H,23,26)(H,24,27,28). The van der Waals surface area contributed by atoms with Crippen molar-refractivity contribution in [3.05, 3.63) is 70.3 Å². The predicted octanol–water partition coefficient (Wildman–Crippen LogP) is 3.42. The van der Waals surface area contributed by atoms with E-state index in [1.807, 2.05) is 62.0 Å². The van der Waals surface area contributed by atoms with Crippen molar-refractivity contribution in [1.82, 2.24) is 14.9 Å². The zero-order chi connectivity index (χ0) is 20.7. The molecule has 0 spiro atoms. The summed E-state index contributed by atoms with van der Waals surface area (Å²) in [6.07, 6.45) is 2.72. The quantitative estimate of drug-likeness (QED) is 0.667. The van der Waals surface area contributed by atoms with E-state index in [1.54, 1.807) is 6.07 Å². The van der Waals surface area contributed by atoms with Crippen LogP contribution in [0.15, 0.2) is 59.2 Å². The van der Waals surface area contributed by atoms with E-state index < -0.39 is 12.0 Å². The minimum Gasteiger partial charge on any atom is -0.404 e. The Morgan fingerprint density at radius 1 is 1.07 bits per heavy atom. The smallest absolute Gasteiger partial charge is 0.404 e. The van der Waals surface area contributed by atoms with Crippen molar-refractivity contribution in [2.24, 2.45) is 13.0 Å². The third-order valence-corrected chi connectivity index (χ3v) is 5.19. The molecule has 2 aromatic heterocycles. The number of aromatic nitrogens is 2. The number of nitrogens with one attached hydrogen (secondary N) is 2. The number of hydrogen-bond donors (Lipinski definition) is 2. The van der Waals surface area contributed by atoms with Crippen LogP contribution in [0.25, 0.3) is 22.2 Å². The molecule has 29 heavy (non-hydrogen) atoms. The SMILES string of the molecule is CC(C)C(C=C1OC(=O)NC1=O)c1ccc(-c2ccc3c(ccn3C)c2)[nH]c1=O. The lowest BCUT2D eigenvalue weighted by Crippen LogP contribution is -2.21. The van der Waals surface area contributed by atoms with Gasteiger partial charge in [0, 0.05) is 41.3 Å². The summed E-state index contributed by atoms with van der Waals surface area (Å²) in [5, 5.41) is 3.16. The molecule has 1 fully saturated rings. The molecule has 4 rings (SSSR count). The topological polar surface area (TPSA) is 93.2 Å². The van der Waals surface area contributed by atoms with Gasteiger partial charge >= 0.3 is 6.09 Å². The van der Waals surface area contributed by atoms with E-state index in [9.17, 15) is 14.4 Å². The molecule has 1 aliphatic heterocycles. The molecule has 1 aliphatic rings. The number of H-pyrrole nitrogens is 1. The van der Waals surface area contributed by atoms with Gasteiger partial charge in [-0.1, -0.05) is 26.0 Å². The van der Waals surface area contributed by atoms with Crippen molar-refractivity contribution in [2.45, 2.75) is 19.8 Å². The molecule has 0 radical (unpaired) electrons. The maximum absolute atomic E-state index is 12.8. The van der Waals surface area contributed by atoms with E-state index in [0.717, 1.165) is 16.5 Å². The largest absolute Gasteiger partial charge is 0.419 e. The van der Waals surface area contributed by atoms with Gasteiger partial charge in [0.25, 0.3) is 11.5 Å². The second-order valence-electron chi connectivity index (χ2n) is 7.50. The van der Waals surface area contributed by atoms with Gasteiger partial charge in [0.1, 0.15) is 0 Å². The van der Waals surface area contributed by atoms with Gasteiger partial charge in [0.05, 0.1) is 0 Å². The highest BCUT2D eigenvalue weighted by Gasteiger charge is 2.29. The minimum atomic E-state index is -0.802. The summed E-state index contributed by atoms with van der Waals surface area (Å²) in [4.78, 5) is 38.8. The molecule has 0 bridgehead atoms. The van der Waals surface area contributed by atoms with Crippen LogP contribution in [0, 0.1) is 5.92 Å². The van der Waals surface area contributed by atoms with Gasteiger partial charge in [-0.25, -0.2) is 4.79 Å². The molecule has 1 unspecified atom stereocenters. The lowest BCUT2D eigenvalue weighted by Gasteiger charge is -2.17. The summed E-state index contributed by atoms with van der Waals surface area (Å²) >= 11 is 0. The van der Waals surface area contributed by atoms with Crippen LogP contribution in [-0.4, -0.2) is 21.6 Å². The Labute approximate surface area is 167 Å². The molecule has 7 heteroatoms. The van der Waals surface area contributed by atoms with Crippen LogP contribution >= 0.6 is 0 Å². The first-order chi connectivity index (χ1) is 13.8. The van der Waals surface area contributed by atoms with Gasteiger partial charge in [0.2, 0.25) is 0 Å². The Morgan fingerprint density at radius 2 is 1.86 bits per heavy atom. The molecule has 0 saturated carbocycles. The van der Waals surface area contributed by atoms with Crippen LogP contribution in [0.4, 0.5) is 4.79 Å². The molecule has 1 saturated heterocycles. The lowest BCUT2D eigenvalue weighted by molar-refractivity contribution is -0.116. The monoisotopic (exact) mass is 391 g/mol. The van der Waals surface area contributed by atoms with E-state index in [1.165, 1.54) is 6.08 Å². The summed E-state index contributed by atoms with van der Waals surface area (Å²) in [5.41, 5.74) is 3.01. The third kappa shape index (κ3) is 3.47. The van der Waals surface area contributed by atoms with Crippen LogP contribution < -0.4 is 10.9 Å². The molecule has 1 aromatic carbocycles. The Bertz CT molecular complexity index is 1220. The van der Waals surface area contributed by atoms with Crippen LogP contribution in [0.1, 0.15) is 25.3 Å². The van der Waals surface area contributed by atoms with Gasteiger partial charge in [-0.05, 0) is 41.8 Å². The molecule has 148 valence electrons. The number of benzene rings is 1. The number of aryl methyl sites for hydroxylation is 1. The molecule has 3 aromatic rings. The fourth-order valence-corrected chi connectivity index (χ4v) is 3.61. The maximum Gasteiger partial charge on any atom is 0.419 e. The van der Waals surface area contributed by atoms with Crippen LogP contribution in [-0.2, 0) is 16.6 Å². The number of alkyl carbamates (subject to hydrolysis) is 1. The fraction of sp³-hybridized carbons (Fsp3) is 0.227. The maximum atomic E-state index is 12.8. The lowest BCUT2D eigenvalue weighted by atomic mass is 9.88. The predicted molar refractivity (Wildman–Crippen MR) is 109 cm³/mol. The van der Waals surface area contributed by atoms with Crippen LogP contribution in [0.2, 0.25) is 0 Å². The highest BCUT2D eigenvalue weighted by Crippen LogP contribution is 2.28. The first kappa shape index (κ1) is 18.7. The average molecular weight is 391 g/mol. The number of carbonyl (C=O) groups excluding carboxylic acids is 2. The normalized spacial score (nSPS) is 16.5. The van der Waals surface area contributed by atoms with E-state index in [-0.39, 0.29) is 23.2 Å². The summed E-state index contributed by atoms with van der Waals surface area (Å²) < 4.78 is 6.94. The number of carbonyl (C=O) groups is 2. The number of ether oxygens (including phenoxy) is 1.